The van der Waals surface area contributed by atoms with E-state index in [1.165, 1.54) is 6.92 Å². The maximum absolute atomic E-state index is 10.7. The Morgan fingerprint density at radius 1 is 1.58 bits per heavy atom. The number of amides is 1. The molecule has 4 nitrogen and oxygen atoms in total. The second-order valence-corrected chi connectivity index (χ2v) is 2.55. The number of nitrogens with zero attached hydrogens (tertiary/aromatic N) is 2. The zero-order chi connectivity index (χ0) is 8.97. The van der Waals surface area contributed by atoms with Crippen molar-refractivity contribution in [2.45, 2.75) is 19.9 Å². The molecule has 1 heterocycles. The highest BCUT2D eigenvalue weighted by Gasteiger charge is 2.06. The molecule has 0 aliphatic carbocycles. The maximum Gasteiger partial charge on any atom is 0.217 e. The van der Waals surface area contributed by atoms with Gasteiger partial charge in [0, 0.05) is 19.3 Å². The predicted octanol–water partition coefficient (Wildman–Crippen LogP) is 0.674. The average molecular weight is 165 g/mol. The summed E-state index contributed by atoms with van der Waals surface area (Å²) in [4.78, 5) is 18.6. The minimum atomic E-state index is -0.0730. The molecular formula is C8H11N3O. The molecule has 0 saturated carbocycles. The molecule has 0 aliphatic rings. The smallest absolute Gasteiger partial charge is 0.217 e. The van der Waals surface area contributed by atoms with Crippen LogP contribution in [0.4, 0.5) is 0 Å². The van der Waals surface area contributed by atoms with Crippen molar-refractivity contribution in [2.24, 2.45) is 0 Å². The van der Waals surface area contributed by atoms with Crippen molar-refractivity contribution in [1.29, 1.82) is 0 Å². The summed E-state index contributed by atoms with van der Waals surface area (Å²) in [6.45, 7) is 3.35. The Bertz CT molecular complexity index is 260. The molecule has 0 aliphatic heterocycles. The summed E-state index contributed by atoms with van der Waals surface area (Å²) in [6, 6.07) is -0.0730. The van der Waals surface area contributed by atoms with Crippen LogP contribution in [-0.4, -0.2) is 15.9 Å². The molecule has 1 aromatic heterocycles. The number of hydrogen-bond donors (Lipinski definition) is 1. The van der Waals surface area contributed by atoms with Gasteiger partial charge in [-0.1, -0.05) is 0 Å². The highest BCUT2D eigenvalue weighted by molar-refractivity contribution is 5.73. The maximum atomic E-state index is 10.7. The molecule has 0 bridgehead atoms. The Balaban J connectivity index is 2.65. The lowest BCUT2D eigenvalue weighted by molar-refractivity contribution is -0.119. The lowest BCUT2D eigenvalue weighted by Gasteiger charge is -2.10. The topological polar surface area (TPSA) is 54.9 Å². The summed E-state index contributed by atoms with van der Waals surface area (Å²) < 4.78 is 0. The highest BCUT2D eigenvalue weighted by Crippen LogP contribution is 2.05. The number of carbonyl (C=O) groups is 1. The molecular weight excluding hydrogens is 154 g/mol. The Hall–Kier alpha value is -1.45. The van der Waals surface area contributed by atoms with Gasteiger partial charge in [-0.05, 0) is 6.92 Å². The number of aromatic nitrogens is 2. The van der Waals surface area contributed by atoms with E-state index in [1.807, 2.05) is 6.92 Å². The third-order valence-corrected chi connectivity index (χ3v) is 1.45. The molecule has 1 amide bonds. The van der Waals surface area contributed by atoms with Crippen LogP contribution in [0, 0.1) is 0 Å². The second kappa shape index (κ2) is 3.80. The molecule has 0 fully saturated rings. The minimum absolute atomic E-state index is 0.0619. The Morgan fingerprint density at radius 2 is 2.33 bits per heavy atom. The predicted molar refractivity (Wildman–Crippen MR) is 44.3 cm³/mol. The molecule has 0 radical (unpaired) electrons. The van der Waals surface area contributed by atoms with E-state index < -0.39 is 0 Å². The monoisotopic (exact) mass is 165 g/mol. The van der Waals surface area contributed by atoms with Crippen molar-refractivity contribution in [3.05, 3.63) is 24.3 Å². The van der Waals surface area contributed by atoms with E-state index in [-0.39, 0.29) is 11.9 Å². The van der Waals surface area contributed by atoms with Gasteiger partial charge in [0.1, 0.15) is 0 Å². The van der Waals surface area contributed by atoms with Crippen molar-refractivity contribution in [1.82, 2.24) is 15.3 Å². The summed E-state index contributed by atoms with van der Waals surface area (Å²) in [5.74, 6) is -0.0619. The van der Waals surface area contributed by atoms with Crippen LogP contribution in [0.15, 0.2) is 18.6 Å². The number of carbonyl (C=O) groups excluding carboxylic acids is 1. The van der Waals surface area contributed by atoms with Crippen molar-refractivity contribution < 1.29 is 4.79 Å². The number of rotatable bonds is 2. The molecule has 64 valence electrons. The Labute approximate surface area is 71.0 Å². The van der Waals surface area contributed by atoms with Crippen LogP contribution in [0.5, 0.6) is 0 Å². The van der Waals surface area contributed by atoms with Gasteiger partial charge in [-0.15, -0.1) is 0 Å². The first-order chi connectivity index (χ1) is 5.70. The minimum Gasteiger partial charge on any atom is -0.348 e. The summed E-state index contributed by atoms with van der Waals surface area (Å²) >= 11 is 0. The van der Waals surface area contributed by atoms with Crippen LogP contribution in [0.2, 0.25) is 0 Å². The van der Waals surface area contributed by atoms with Gasteiger partial charge in [-0.25, -0.2) is 0 Å². The zero-order valence-electron chi connectivity index (χ0n) is 7.11. The van der Waals surface area contributed by atoms with E-state index >= 15 is 0 Å². The van der Waals surface area contributed by atoms with Gasteiger partial charge >= 0.3 is 0 Å². The summed E-state index contributed by atoms with van der Waals surface area (Å²) in [7, 11) is 0. The van der Waals surface area contributed by atoms with Crippen LogP contribution in [0.25, 0.3) is 0 Å². The van der Waals surface area contributed by atoms with Crippen LogP contribution in [-0.2, 0) is 4.79 Å². The van der Waals surface area contributed by atoms with Gasteiger partial charge in [0.25, 0.3) is 0 Å². The van der Waals surface area contributed by atoms with Gasteiger partial charge in [0.05, 0.1) is 17.9 Å². The summed E-state index contributed by atoms with van der Waals surface area (Å²) in [5.41, 5.74) is 0.771. The van der Waals surface area contributed by atoms with Gasteiger partial charge in [-0.2, -0.15) is 0 Å². The SMILES string of the molecule is CC(=O)NC(C)c1cnccn1. The molecule has 0 spiro atoms. The third-order valence-electron chi connectivity index (χ3n) is 1.45. The Morgan fingerprint density at radius 3 is 2.83 bits per heavy atom. The van der Waals surface area contributed by atoms with Crippen molar-refractivity contribution >= 4 is 5.91 Å². The number of nitrogens with one attached hydrogen (secondary N) is 1. The molecule has 1 aromatic rings. The van der Waals surface area contributed by atoms with Crippen LogP contribution in [0.1, 0.15) is 25.6 Å². The van der Waals surface area contributed by atoms with E-state index in [0.29, 0.717) is 0 Å². The fourth-order valence-electron chi connectivity index (χ4n) is 0.913. The van der Waals surface area contributed by atoms with Crippen LogP contribution < -0.4 is 5.32 Å². The van der Waals surface area contributed by atoms with E-state index in [0.717, 1.165) is 5.69 Å². The van der Waals surface area contributed by atoms with Crippen molar-refractivity contribution in [2.75, 3.05) is 0 Å². The first-order valence-electron chi connectivity index (χ1n) is 3.73. The fourth-order valence-corrected chi connectivity index (χ4v) is 0.913. The van der Waals surface area contributed by atoms with E-state index in [4.69, 9.17) is 0 Å². The van der Waals surface area contributed by atoms with E-state index in [9.17, 15) is 4.79 Å². The standard InChI is InChI=1S/C8H11N3O/c1-6(11-7(2)12)8-5-9-3-4-10-8/h3-6H,1-2H3,(H,11,12). The van der Waals surface area contributed by atoms with Crippen molar-refractivity contribution in [3.8, 4) is 0 Å². The molecule has 1 unspecified atom stereocenters. The molecule has 1 rings (SSSR count). The average Bonchev–Trinajstić information content (AvgIpc) is 2.05. The van der Waals surface area contributed by atoms with Crippen LogP contribution in [0.3, 0.4) is 0 Å². The summed E-state index contributed by atoms with van der Waals surface area (Å²) in [6.07, 6.45) is 4.85. The lowest BCUT2D eigenvalue weighted by Crippen LogP contribution is -2.24. The normalized spacial score (nSPS) is 12.2. The molecule has 1 atom stereocenters. The van der Waals surface area contributed by atoms with Gasteiger partial charge in [-0.3, -0.25) is 14.8 Å². The largest absolute Gasteiger partial charge is 0.348 e. The summed E-state index contributed by atoms with van der Waals surface area (Å²) in [5, 5.41) is 2.72. The lowest BCUT2D eigenvalue weighted by atomic mass is 10.2. The van der Waals surface area contributed by atoms with E-state index in [1.54, 1.807) is 18.6 Å². The van der Waals surface area contributed by atoms with Gasteiger partial charge in [0.15, 0.2) is 0 Å². The molecule has 12 heavy (non-hydrogen) atoms. The van der Waals surface area contributed by atoms with Gasteiger partial charge in [0.2, 0.25) is 5.91 Å². The van der Waals surface area contributed by atoms with Gasteiger partial charge < -0.3 is 5.32 Å². The van der Waals surface area contributed by atoms with Crippen molar-refractivity contribution in [3.63, 3.8) is 0 Å². The zero-order valence-corrected chi connectivity index (χ0v) is 7.11. The van der Waals surface area contributed by atoms with Crippen LogP contribution >= 0.6 is 0 Å². The highest BCUT2D eigenvalue weighted by atomic mass is 16.1. The Kier molecular flexibility index (Phi) is 2.74. The molecule has 4 heteroatoms. The molecule has 0 aromatic carbocycles. The quantitative estimate of drug-likeness (QED) is 0.700. The molecule has 1 N–H and O–H groups in total. The third kappa shape index (κ3) is 2.30. The number of hydrogen-bond acceptors (Lipinski definition) is 3. The first kappa shape index (κ1) is 8.64. The second-order valence-electron chi connectivity index (χ2n) is 2.55. The van der Waals surface area contributed by atoms with E-state index in [2.05, 4.69) is 15.3 Å². The first-order valence-corrected chi connectivity index (χ1v) is 3.73. The molecule has 0 saturated heterocycles. The fraction of sp³-hybridized carbons (Fsp3) is 0.375.